The maximum Gasteiger partial charge on any atom is 0.391 e. The molecule has 0 heterocycles. The molecule has 0 N–H and O–H groups in total. The predicted molar refractivity (Wildman–Crippen MR) is 130 cm³/mol. The lowest BCUT2D eigenvalue weighted by Crippen LogP contribution is -2.38. The lowest BCUT2D eigenvalue weighted by atomic mass is 9.63. The average molecular weight is 557 g/mol. The third kappa shape index (κ3) is 6.07. The van der Waals surface area contributed by atoms with Crippen LogP contribution in [0.5, 0.6) is 0 Å². The van der Waals surface area contributed by atoms with Gasteiger partial charge in [0.05, 0.1) is 5.92 Å². The van der Waals surface area contributed by atoms with Gasteiger partial charge in [-0.25, -0.2) is 4.39 Å². The van der Waals surface area contributed by atoms with Crippen molar-refractivity contribution in [3.63, 3.8) is 0 Å². The molecule has 180 valence electrons. The van der Waals surface area contributed by atoms with E-state index in [1.807, 2.05) is 0 Å². The maximum absolute atomic E-state index is 15.2. The first-order valence-corrected chi connectivity index (χ1v) is 15.7. The highest BCUT2D eigenvalue weighted by Gasteiger charge is 2.45. The molecule has 31 heavy (non-hydrogen) atoms. The van der Waals surface area contributed by atoms with E-state index in [1.165, 1.54) is 51.4 Å². The molecule has 0 spiro atoms. The second-order valence-electron chi connectivity index (χ2n) is 11.2. The van der Waals surface area contributed by atoms with Crippen LogP contribution < -0.4 is 0 Å². The SMILES string of the molecule is C=IC1CCC(C2CCC(C3CCC(C4CCC(C(F)(F)F)CC4)C(F)C3)CC2)CC1. The van der Waals surface area contributed by atoms with Crippen LogP contribution in [0.25, 0.3) is 0 Å². The van der Waals surface area contributed by atoms with Gasteiger partial charge >= 0.3 is 6.18 Å². The summed E-state index contributed by atoms with van der Waals surface area (Å²) in [6.45, 7) is 0. The minimum Gasteiger partial charge on any atom is -0.247 e. The van der Waals surface area contributed by atoms with E-state index in [0.717, 1.165) is 28.6 Å². The molecule has 0 nitrogen and oxygen atoms in total. The first-order chi connectivity index (χ1) is 14.8. The molecule has 0 aromatic carbocycles. The predicted octanol–water partition coefficient (Wildman–Crippen LogP) is 8.88. The zero-order chi connectivity index (χ0) is 22.0. The molecule has 0 amide bonds. The minimum atomic E-state index is -4.06. The van der Waals surface area contributed by atoms with E-state index in [-0.39, 0.29) is 45.4 Å². The number of hydrogen-bond acceptors (Lipinski definition) is 0. The van der Waals surface area contributed by atoms with E-state index in [0.29, 0.717) is 31.1 Å². The minimum absolute atomic E-state index is 0.0211. The first-order valence-electron chi connectivity index (χ1n) is 12.9. The van der Waals surface area contributed by atoms with Crippen LogP contribution in [0, 0.1) is 41.4 Å². The molecule has 5 heteroatoms. The van der Waals surface area contributed by atoms with Crippen molar-refractivity contribution < 1.29 is 17.6 Å². The average Bonchev–Trinajstić information content (AvgIpc) is 2.79. The van der Waals surface area contributed by atoms with Crippen molar-refractivity contribution in [2.45, 2.75) is 113 Å². The van der Waals surface area contributed by atoms with Crippen LogP contribution in [0.2, 0.25) is 0 Å². The molecule has 3 atom stereocenters. The number of halogens is 5. The van der Waals surface area contributed by atoms with Crippen molar-refractivity contribution in [1.82, 2.24) is 0 Å². The molecule has 4 rings (SSSR count). The lowest BCUT2D eigenvalue weighted by Gasteiger charge is -2.44. The highest BCUT2D eigenvalue weighted by atomic mass is 127. The molecule has 4 aliphatic carbocycles. The van der Waals surface area contributed by atoms with Gasteiger partial charge < -0.3 is 0 Å². The van der Waals surface area contributed by atoms with Gasteiger partial charge in [-0.3, -0.25) is 0 Å². The van der Waals surface area contributed by atoms with Crippen LogP contribution in [-0.4, -0.2) is 20.8 Å². The fraction of sp³-hybridized carbons (Fsp3) is 0.962. The van der Waals surface area contributed by atoms with Gasteiger partial charge in [0.1, 0.15) is 6.17 Å². The molecule has 0 aromatic rings. The first kappa shape index (κ1) is 24.4. The Bertz CT molecular complexity index is 566. The highest BCUT2D eigenvalue weighted by molar-refractivity contribution is 14.2. The van der Waals surface area contributed by atoms with Gasteiger partial charge in [0, 0.05) is 3.92 Å². The second kappa shape index (κ2) is 10.7. The van der Waals surface area contributed by atoms with Crippen LogP contribution in [0.1, 0.15) is 96.3 Å². The zero-order valence-electron chi connectivity index (χ0n) is 18.9. The summed E-state index contributed by atoms with van der Waals surface area (Å²) in [5, 5.41) is 0. The number of hydrogen-bond donors (Lipinski definition) is 0. The van der Waals surface area contributed by atoms with E-state index in [2.05, 4.69) is 4.51 Å². The molecule has 0 radical (unpaired) electrons. The summed E-state index contributed by atoms with van der Waals surface area (Å²) in [6.07, 6.45) is 10.3. The Hall–Kier alpha value is 0.320. The fourth-order valence-corrected chi connectivity index (χ4v) is 9.40. The van der Waals surface area contributed by atoms with Crippen molar-refractivity contribution in [3.8, 4) is 0 Å². The Labute approximate surface area is 196 Å². The second-order valence-corrected chi connectivity index (χ2v) is 13.9. The molecule has 4 saturated carbocycles. The van der Waals surface area contributed by atoms with E-state index >= 15 is 4.39 Å². The van der Waals surface area contributed by atoms with Gasteiger partial charge in [-0.05, 0) is 132 Å². The van der Waals surface area contributed by atoms with E-state index in [4.69, 9.17) is 0 Å². The highest BCUT2D eigenvalue weighted by Crippen LogP contribution is 2.50. The third-order valence-electron chi connectivity index (χ3n) is 9.77. The van der Waals surface area contributed by atoms with Crippen molar-refractivity contribution in [2.24, 2.45) is 41.4 Å². The monoisotopic (exact) mass is 556 g/mol. The van der Waals surface area contributed by atoms with Crippen LogP contribution in [0.3, 0.4) is 0 Å². The van der Waals surface area contributed by atoms with Gasteiger partial charge in [-0.15, -0.1) is 20.7 Å². The Kier molecular flexibility index (Phi) is 8.45. The smallest absolute Gasteiger partial charge is 0.247 e. The summed E-state index contributed by atoms with van der Waals surface area (Å²) >= 11 is 0.175. The van der Waals surface area contributed by atoms with Crippen LogP contribution >= 0.6 is 20.7 Å². The summed E-state index contributed by atoms with van der Waals surface area (Å²) in [5.74, 6) is 2.10. The Balaban J connectivity index is 1.20. The Morgan fingerprint density at radius 1 is 0.581 bits per heavy atom. The van der Waals surface area contributed by atoms with Gasteiger partial charge in [-0.1, -0.05) is 4.51 Å². The summed E-state index contributed by atoms with van der Waals surface area (Å²) in [7, 11) is 0. The third-order valence-corrected chi connectivity index (χ3v) is 12.3. The van der Waals surface area contributed by atoms with E-state index < -0.39 is 18.3 Å². The normalized spacial score (nSPS) is 45.4. The van der Waals surface area contributed by atoms with Gasteiger partial charge in [-0.2, -0.15) is 13.2 Å². The maximum atomic E-state index is 15.2. The van der Waals surface area contributed by atoms with Gasteiger partial charge in [0.15, 0.2) is 0 Å². The molecule has 0 bridgehead atoms. The Morgan fingerprint density at radius 3 is 1.52 bits per heavy atom. The quantitative estimate of drug-likeness (QED) is 0.184. The molecule has 0 saturated heterocycles. The van der Waals surface area contributed by atoms with E-state index in [1.54, 1.807) is 0 Å². The zero-order valence-corrected chi connectivity index (χ0v) is 21.1. The van der Waals surface area contributed by atoms with E-state index in [9.17, 15) is 13.2 Å². The Morgan fingerprint density at radius 2 is 1.03 bits per heavy atom. The van der Waals surface area contributed by atoms with Gasteiger partial charge in [0.2, 0.25) is 0 Å². The van der Waals surface area contributed by atoms with Crippen LogP contribution in [-0.2, 0) is 0 Å². The molecule has 0 aromatic heterocycles. The fourth-order valence-electron chi connectivity index (χ4n) is 7.80. The molecule has 0 aliphatic heterocycles. The molecular weight excluding hydrogens is 515 g/mol. The summed E-state index contributed by atoms with van der Waals surface area (Å²) in [5.41, 5.74) is 0. The molecular formula is C26H41F4I. The number of rotatable bonds is 4. The van der Waals surface area contributed by atoms with Crippen LogP contribution in [0.4, 0.5) is 17.6 Å². The van der Waals surface area contributed by atoms with Gasteiger partial charge in [0.25, 0.3) is 0 Å². The molecule has 4 aliphatic rings. The summed E-state index contributed by atoms with van der Waals surface area (Å²) in [4.78, 5) is 0. The largest absolute Gasteiger partial charge is 0.391 e. The van der Waals surface area contributed by atoms with Crippen molar-refractivity contribution in [3.05, 3.63) is 0 Å². The lowest BCUT2D eigenvalue weighted by molar-refractivity contribution is -0.185. The summed E-state index contributed by atoms with van der Waals surface area (Å²) in [6, 6.07) is 0. The van der Waals surface area contributed by atoms with Crippen LogP contribution in [0.15, 0.2) is 0 Å². The number of alkyl halides is 5. The molecule has 3 unspecified atom stereocenters. The van der Waals surface area contributed by atoms with Crippen molar-refractivity contribution in [1.29, 1.82) is 0 Å². The van der Waals surface area contributed by atoms with Crippen molar-refractivity contribution >= 4 is 25.2 Å². The standard InChI is InChI=1S/C26H41F4I/c1-31-23-13-8-18(9-14-23)17-2-4-19(5-3-17)21-10-15-24(25(27)16-21)20-6-11-22(12-7-20)26(28,29)30/h17-25H,1-16H2. The molecule has 4 fully saturated rings. The van der Waals surface area contributed by atoms with Crippen molar-refractivity contribution in [2.75, 3.05) is 0 Å². The topological polar surface area (TPSA) is 0 Å². The summed E-state index contributed by atoms with van der Waals surface area (Å²) < 4.78 is 59.2.